The van der Waals surface area contributed by atoms with Gasteiger partial charge in [0.25, 0.3) is 0 Å². The van der Waals surface area contributed by atoms with Crippen LogP contribution in [0.5, 0.6) is 0 Å². The van der Waals surface area contributed by atoms with E-state index in [0.717, 1.165) is 50.7 Å². The average molecular weight is 255 g/mol. The highest BCUT2D eigenvalue weighted by Gasteiger charge is 2.35. The zero-order valence-corrected chi connectivity index (χ0v) is 12.1. The number of likely N-dealkylation sites (N-methyl/N-ethyl adjacent to an activating group) is 1. The first-order valence-corrected chi connectivity index (χ1v) is 7.57. The van der Waals surface area contributed by atoms with E-state index >= 15 is 0 Å². The lowest BCUT2D eigenvalue weighted by Crippen LogP contribution is -2.51. The molecule has 3 nitrogen and oxygen atoms in total. The molecular formula is C15H29NO2. The van der Waals surface area contributed by atoms with Crippen molar-refractivity contribution in [2.45, 2.75) is 64.1 Å². The lowest BCUT2D eigenvalue weighted by atomic mass is 9.77. The van der Waals surface area contributed by atoms with Crippen LogP contribution in [0.3, 0.4) is 0 Å². The molecule has 3 atom stereocenters. The Labute approximate surface area is 112 Å². The van der Waals surface area contributed by atoms with Crippen LogP contribution < -0.4 is 0 Å². The van der Waals surface area contributed by atoms with Crippen LogP contribution in [0.25, 0.3) is 0 Å². The van der Waals surface area contributed by atoms with E-state index in [9.17, 15) is 5.11 Å². The van der Waals surface area contributed by atoms with Crippen molar-refractivity contribution in [2.75, 3.05) is 20.3 Å². The van der Waals surface area contributed by atoms with Gasteiger partial charge in [-0.25, -0.2) is 0 Å². The molecule has 0 spiro atoms. The van der Waals surface area contributed by atoms with Gasteiger partial charge in [-0.2, -0.15) is 0 Å². The predicted octanol–water partition coefficient (Wildman–Crippen LogP) is 2.28. The first kappa shape index (κ1) is 14.3. The fourth-order valence-corrected chi connectivity index (χ4v) is 3.57. The highest BCUT2D eigenvalue weighted by Crippen LogP contribution is 2.33. The molecule has 2 rings (SSSR count). The maximum atomic E-state index is 10.3. The molecule has 0 amide bonds. The zero-order chi connectivity index (χ0) is 13.1. The molecule has 1 aliphatic carbocycles. The summed E-state index contributed by atoms with van der Waals surface area (Å²) in [6, 6.07) is 0.957. The molecule has 2 fully saturated rings. The van der Waals surface area contributed by atoms with Crippen LogP contribution in [0.4, 0.5) is 0 Å². The van der Waals surface area contributed by atoms with Crippen molar-refractivity contribution >= 4 is 0 Å². The van der Waals surface area contributed by atoms with E-state index in [-0.39, 0.29) is 6.10 Å². The van der Waals surface area contributed by atoms with Gasteiger partial charge in [0.15, 0.2) is 0 Å². The lowest BCUT2D eigenvalue weighted by Gasteiger charge is -2.44. The largest absolute Gasteiger partial charge is 0.391 e. The molecule has 0 aromatic rings. The van der Waals surface area contributed by atoms with Crippen molar-refractivity contribution in [1.29, 1.82) is 0 Å². The minimum Gasteiger partial charge on any atom is -0.391 e. The van der Waals surface area contributed by atoms with Crippen LogP contribution >= 0.6 is 0 Å². The second-order valence-electron chi connectivity index (χ2n) is 6.46. The van der Waals surface area contributed by atoms with E-state index in [4.69, 9.17) is 4.74 Å². The fraction of sp³-hybridized carbons (Fsp3) is 1.00. The molecule has 3 heteroatoms. The summed E-state index contributed by atoms with van der Waals surface area (Å²) in [7, 11) is 2.20. The van der Waals surface area contributed by atoms with Crippen molar-refractivity contribution in [3.63, 3.8) is 0 Å². The molecule has 1 saturated carbocycles. The summed E-state index contributed by atoms with van der Waals surface area (Å²) in [5.74, 6) is 1.52. The second kappa shape index (κ2) is 6.36. The number of aliphatic hydroxyl groups excluding tert-OH is 1. The van der Waals surface area contributed by atoms with Crippen molar-refractivity contribution in [3.8, 4) is 0 Å². The molecule has 0 bridgehead atoms. The monoisotopic (exact) mass is 255 g/mol. The third kappa shape index (κ3) is 3.25. The van der Waals surface area contributed by atoms with Gasteiger partial charge in [-0.3, -0.25) is 4.90 Å². The van der Waals surface area contributed by atoms with Crippen LogP contribution in [-0.4, -0.2) is 48.5 Å². The standard InChI is InChI=1S/C15H29NO2/c1-11(2)12-4-5-15(17)14(10-12)16(3)13-6-8-18-9-7-13/h11-15,17H,4-10H2,1-3H3. The Hall–Kier alpha value is -0.120. The van der Waals surface area contributed by atoms with E-state index in [2.05, 4.69) is 25.8 Å². The maximum Gasteiger partial charge on any atom is 0.0695 e. The molecule has 1 saturated heterocycles. The molecule has 0 radical (unpaired) electrons. The Kier molecular flexibility index (Phi) is 5.05. The molecule has 0 aromatic heterocycles. The van der Waals surface area contributed by atoms with Crippen LogP contribution in [0.2, 0.25) is 0 Å². The molecule has 1 aliphatic heterocycles. The number of hydrogen-bond donors (Lipinski definition) is 1. The third-order valence-electron chi connectivity index (χ3n) is 5.05. The summed E-state index contributed by atoms with van der Waals surface area (Å²) in [6.07, 6.45) is 5.43. The van der Waals surface area contributed by atoms with E-state index in [0.29, 0.717) is 12.1 Å². The Morgan fingerprint density at radius 2 is 1.78 bits per heavy atom. The summed E-state index contributed by atoms with van der Waals surface area (Å²) in [5, 5.41) is 10.3. The number of aliphatic hydroxyl groups is 1. The topological polar surface area (TPSA) is 32.7 Å². The summed E-state index contributed by atoms with van der Waals surface area (Å²) in [5.41, 5.74) is 0. The number of nitrogens with zero attached hydrogens (tertiary/aromatic N) is 1. The van der Waals surface area contributed by atoms with E-state index in [1.165, 1.54) is 6.42 Å². The third-order valence-corrected chi connectivity index (χ3v) is 5.05. The van der Waals surface area contributed by atoms with Crippen molar-refractivity contribution in [1.82, 2.24) is 4.90 Å². The van der Waals surface area contributed by atoms with Gasteiger partial charge in [-0.05, 0) is 51.0 Å². The number of ether oxygens (including phenoxy) is 1. The van der Waals surface area contributed by atoms with Crippen molar-refractivity contribution in [2.24, 2.45) is 11.8 Å². The smallest absolute Gasteiger partial charge is 0.0695 e. The Balaban J connectivity index is 1.95. The quantitative estimate of drug-likeness (QED) is 0.840. The van der Waals surface area contributed by atoms with Gasteiger partial charge in [0.1, 0.15) is 0 Å². The molecule has 106 valence electrons. The summed E-state index contributed by atoms with van der Waals surface area (Å²) in [4.78, 5) is 2.45. The van der Waals surface area contributed by atoms with Crippen LogP contribution in [0.15, 0.2) is 0 Å². The van der Waals surface area contributed by atoms with E-state index in [1.54, 1.807) is 0 Å². The van der Waals surface area contributed by atoms with Gasteiger partial charge in [-0.1, -0.05) is 13.8 Å². The molecular weight excluding hydrogens is 226 g/mol. The Morgan fingerprint density at radius 1 is 1.11 bits per heavy atom. The van der Waals surface area contributed by atoms with E-state index < -0.39 is 0 Å². The minimum absolute atomic E-state index is 0.132. The first-order valence-electron chi connectivity index (χ1n) is 7.57. The van der Waals surface area contributed by atoms with Gasteiger partial charge in [0.2, 0.25) is 0 Å². The van der Waals surface area contributed by atoms with E-state index in [1.807, 2.05) is 0 Å². The average Bonchev–Trinajstić information content (AvgIpc) is 2.39. The Morgan fingerprint density at radius 3 is 2.39 bits per heavy atom. The van der Waals surface area contributed by atoms with Gasteiger partial charge in [0.05, 0.1) is 6.10 Å². The molecule has 3 unspecified atom stereocenters. The highest BCUT2D eigenvalue weighted by molar-refractivity contribution is 4.89. The maximum absolute atomic E-state index is 10.3. The van der Waals surface area contributed by atoms with Crippen molar-refractivity contribution in [3.05, 3.63) is 0 Å². The number of hydrogen-bond acceptors (Lipinski definition) is 3. The van der Waals surface area contributed by atoms with Crippen molar-refractivity contribution < 1.29 is 9.84 Å². The van der Waals surface area contributed by atoms with Gasteiger partial charge < -0.3 is 9.84 Å². The molecule has 0 aromatic carbocycles. The molecule has 18 heavy (non-hydrogen) atoms. The molecule has 2 aliphatic rings. The lowest BCUT2D eigenvalue weighted by molar-refractivity contribution is -0.0364. The summed E-state index contributed by atoms with van der Waals surface area (Å²) in [6.45, 7) is 6.39. The summed E-state index contributed by atoms with van der Waals surface area (Å²) < 4.78 is 5.43. The molecule has 1 heterocycles. The molecule has 1 N–H and O–H groups in total. The van der Waals surface area contributed by atoms with Crippen LogP contribution in [-0.2, 0) is 4.74 Å². The van der Waals surface area contributed by atoms with Gasteiger partial charge in [0, 0.05) is 25.3 Å². The van der Waals surface area contributed by atoms with Crippen LogP contribution in [0.1, 0.15) is 46.0 Å². The number of rotatable bonds is 3. The Bertz CT molecular complexity index is 251. The van der Waals surface area contributed by atoms with Crippen LogP contribution in [0, 0.1) is 11.8 Å². The normalized spacial score (nSPS) is 35.3. The zero-order valence-electron chi connectivity index (χ0n) is 12.1. The predicted molar refractivity (Wildman–Crippen MR) is 73.6 cm³/mol. The fourth-order valence-electron chi connectivity index (χ4n) is 3.57. The van der Waals surface area contributed by atoms with Gasteiger partial charge >= 0.3 is 0 Å². The first-order chi connectivity index (χ1) is 8.59. The SMILES string of the molecule is CC(C)C1CCC(O)C(N(C)C2CCOCC2)C1. The van der Waals surface area contributed by atoms with Gasteiger partial charge in [-0.15, -0.1) is 0 Å². The highest BCUT2D eigenvalue weighted by atomic mass is 16.5. The summed E-state index contributed by atoms with van der Waals surface area (Å²) >= 11 is 0. The second-order valence-corrected chi connectivity index (χ2v) is 6.46. The minimum atomic E-state index is -0.132.